The highest BCUT2D eigenvalue weighted by molar-refractivity contribution is 5.90. The standard InChI is InChI=1S/C13H15N3O4/c1-4-16-12(18)10(6-14-16)9-5-8(13(19)20-3)7-15(2)11(9)17/h5-7,14H,4H2,1-3H3. The lowest BCUT2D eigenvalue weighted by atomic mass is 10.1. The second-order valence-corrected chi connectivity index (χ2v) is 4.29. The first-order valence-electron chi connectivity index (χ1n) is 6.07. The Hall–Kier alpha value is -2.57. The van der Waals surface area contributed by atoms with Gasteiger partial charge in [-0.25, -0.2) is 4.79 Å². The largest absolute Gasteiger partial charge is 0.465 e. The van der Waals surface area contributed by atoms with E-state index >= 15 is 0 Å². The molecule has 0 aromatic carbocycles. The van der Waals surface area contributed by atoms with Crippen molar-refractivity contribution < 1.29 is 9.53 Å². The number of nitrogens with one attached hydrogen (secondary N) is 1. The molecule has 0 bridgehead atoms. The van der Waals surface area contributed by atoms with Crippen molar-refractivity contribution in [3.05, 3.63) is 44.7 Å². The van der Waals surface area contributed by atoms with E-state index in [1.54, 1.807) is 0 Å². The highest BCUT2D eigenvalue weighted by Gasteiger charge is 2.16. The van der Waals surface area contributed by atoms with Gasteiger partial charge in [0.05, 0.1) is 23.8 Å². The summed E-state index contributed by atoms with van der Waals surface area (Å²) < 4.78 is 7.26. The van der Waals surface area contributed by atoms with Gasteiger partial charge in [-0.3, -0.25) is 14.3 Å². The number of nitrogens with zero attached hydrogens (tertiary/aromatic N) is 2. The van der Waals surface area contributed by atoms with Gasteiger partial charge in [-0.05, 0) is 13.0 Å². The van der Waals surface area contributed by atoms with Crippen LogP contribution in [0.1, 0.15) is 17.3 Å². The smallest absolute Gasteiger partial charge is 0.339 e. The molecular weight excluding hydrogens is 262 g/mol. The Balaban J connectivity index is 2.70. The average Bonchev–Trinajstić information content (AvgIpc) is 2.81. The minimum atomic E-state index is -0.562. The van der Waals surface area contributed by atoms with E-state index in [2.05, 4.69) is 9.84 Å². The number of methoxy groups -OCH3 is 1. The van der Waals surface area contributed by atoms with E-state index in [0.717, 1.165) is 0 Å². The lowest BCUT2D eigenvalue weighted by Gasteiger charge is -2.05. The van der Waals surface area contributed by atoms with Crippen molar-refractivity contribution >= 4 is 5.97 Å². The molecule has 0 saturated heterocycles. The van der Waals surface area contributed by atoms with Gasteiger partial charge < -0.3 is 14.4 Å². The lowest BCUT2D eigenvalue weighted by Crippen LogP contribution is -2.24. The zero-order chi connectivity index (χ0) is 14.9. The number of pyridine rings is 1. The first-order valence-corrected chi connectivity index (χ1v) is 6.07. The fourth-order valence-electron chi connectivity index (χ4n) is 1.97. The van der Waals surface area contributed by atoms with Gasteiger partial charge in [0.1, 0.15) is 0 Å². The molecule has 0 aliphatic heterocycles. The Bertz CT molecular complexity index is 767. The van der Waals surface area contributed by atoms with Gasteiger partial charge in [-0.2, -0.15) is 0 Å². The number of carbonyl (C=O) groups is 1. The topological polar surface area (TPSA) is 86.1 Å². The van der Waals surface area contributed by atoms with Crippen LogP contribution >= 0.6 is 0 Å². The van der Waals surface area contributed by atoms with Crippen molar-refractivity contribution in [2.75, 3.05) is 7.11 Å². The molecule has 0 saturated carbocycles. The molecule has 2 heterocycles. The zero-order valence-corrected chi connectivity index (χ0v) is 11.5. The Morgan fingerprint density at radius 2 is 2.00 bits per heavy atom. The SMILES string of the molecule is CCn1[nH]cc(-c2cc(C(=O)OC)cn(C)c2=O)c1=O. The maximum absolute atomic E-state index is 12.1. The molecule has 0 atom stereocenters. The summed E-state index contributed by atoms with van der Waals surface area (Å²) in [5.74, 6) is -0.562. The fourth-order valence-corrected chi connectivity index (χ4v) is 1.97. The molecule has 20 heavy (non-hydrogen) atoms. The van der Waals surface area contributed by atoms with Crippen molar-refractivity contribution in [2.45, 2.75) is 13.5 Å². The third-order valence-electron chi connectivity index (χ3n) is 3.05. The summed E-state index contributed by atoms with van der Waals surface area (Å²) in [7, 11) is 2.77. The number of H-pyrrole nitrogens is 1. The van der Waals surface area contributed by atoms with Crippen LogP contribution in [0.4, 0.5) is 0 Å². The maximum Gasteiger partial charge on any atom is 0.339 e. The van der Waals surface area contributed by atoms with Gasteiger partial charge in [0.25, 0.3) is 11.1 Å². The molecule has 106 valence electrons. The molecule has 0 unspecified atom stereocenters. The number of hydrogen-bond acceptors (Lipinski definition) is 4. The number of carbonyl (C=O) groups excluding carboxylic acids is 1. The van der Waals surface area contributed by atoms with Crippen LogP contribution in [0.25, 0.3) is 11.1 Å². The van der Waals surface area contributed by atoms with E-state index in [1.165, 1.54) is 41.9 Å². The molecule has 2 aromatic rings. The molecule has 0 fully saturated rings. The summed E-state index contributed by atoms with van der Waals surface area (Å²) in [4.78, 5) is 35.8. The first-order chi connectivity index (χ1) is 9.49. The maximum atomic E-state index is 12.1. The van der Waals surface area contributed by atoms with Crippen LogP contribution in [0.3, 0.4) is 0 Å². The van der Waals surface area contributed by atoms with Crippen LogP contribution < -0.4 is 11.1 Å². The summed E-state index contributed by atoms with van der Waals surface area (Å²) in [5.41, 5.74) is -0.0288. The summed E-state index contributed by atoms with van der Waals surface area (Å²) in [6.07, 6.45) is 2.84. The van der Waals surface area contributed by atoms with E-state index in [1.807, 2.05) is 6.92 Å². The predicted molar refractivity (Wildman–Crippen MR) is 72.7 cm³/mol. The van der Waals surface area contributed by atoms with Crippen molar-refractivity contribution in [3.63, 3.8) is 0 Å². The minimum absolute atomic E-state index is 0.170. The van der Waals surface area contributed by atoms with Crippen LogP contribution in [0.15, 0.2) is 28.0 Å². The van der Waals surface area contributed by atoms with Crippen molar-refractivity contribution in [2.24, 2.45) is 7.05 Å². The minimum Gasteiger partial charge on any atom is -0.465 e. The Morgan fingerprint density at radius 1 is 1.30 bits per heavy atom. The van der Waals surface area contributed by atoms with Crippen LogP contribution in [-0.2, 0) is 18.3 Å². The van der Waals surface area contributed by atoms with Crippen LogP contribution in [-0.4, -0.2) is 27.4 Å². The number of aryl methyl sites for hydroxylation is 2. The molecule has 7 heteroatoms. The van der Waals surface area contributed by atoms with Crippen LogP contribution in [0, 0.1) is 0 Å². The quantitative estimate of drug-likeness (QED) is 0.820. The predicted octanol–water partition coefficient (Wildman–Crippen LogP) is 0.349. The van der Waals surface area contributed by atoms with Gasteiger partial charge in [-0.1, -0.05) is 0 Å². The van der Waals surface area contributed by atoms with E-state index in [4.69, 9.17) is 0 Å². The molecule has 0 amide bonds. The number of aromatic amines is 1. The molecule has 0 aliphatic carbocycles. The Labute approximate surface area is 114 Å². The first kappa shape index (κ1) is 13.9. The van der Waals surface area contributed by atoms with Gasteiger partial charge in [-0.15, -0.1) is 0 Å². The van der Waals surface area contributed by atoms with E-state index in [9.17, 15) is 14.4 Å². The van der Waals surface area contributed by atoms with Gasteiger partial charge in [0, 0.05) is 26.0 Å². The van der Waals surface area contributed by atoms with E-state index in [-0.39, 0.29) is 27.8 Å². The highest BCUT2D eigenvalue weighted by atomic mass is 16.5. The molecule has 7 nitrogen and oxygen atoms in total. The number of rotatable bonds is 3. The summed E-state index contributed by atoms with van der Waals surface area (Å²) in [6, 6.07) is 1.37. The van der Waals surface area contributed by atoms with E-state index in [0.29, 0.717) is 6.54 Å². The molecule has 1 N–H and O–H groups in total. The average molecular weight is 277 g/mol. The molecule has 0 radical (unpaired) electrons. The van der Waals surface area contributed by atoms with Crippen LogP contribution in [0.5, 0.6) is 0 Å². The lowest BCUT2D eigenvalue weighted by molar-refractivity contribution is 0.0600. The fraction of sp³-hybridized carbons (Fsp3) is 0.308. The molecule has 0 aliphatic rings. The zero-order valence-electron chi connectivity index (χ0n) is 11.5. The van der Waals surface area contributed by atoms with Crippen molar-refractivity contribution in [1.82, 2.24) is 14.3 Å². The third kappa shape index (κ3) is 2.18. The van der Waals surface area contributed by atoms with Gasteiger partial charge in [0.15, 0.2) is 0 Å². The second-order valence-electron chi connectivity index (χ2n) is 4.29. The molecule has 2 aromatic heterocycles. The molecule has 0 spiro atoms. The van der Waals surface area contributed by atoms with Crippen LogP contribution in [0.2, 0.25) is 0 Å². The molecular formula is C13H15N3O4. The number of aromatic nitrogens is 3. The van der Waals surface area contributed by atoms with Crippen molar-refractivity contribution in [1.29, 1.82) is 0 Å². The van der Waals surface area contributed by atoms with Crippen molar-refractivity contribution in [3.8, 4) is 11.1 Å². The van der Waals surface area contributed by atoms with E-state index < -0.39 is 5.97 Å². The summed E-state index contributed by atoms with van der Waals surface area (Å²) in [6.45, 7) is 2.28. The second kappa shape index (κ2) is 5.20. The van der Waals surface area contributed by atoms with Gasteiger partial charge >= 0.3 is 5.97 Å². The Morgan fingerprint density at radius 3 is 2.55 bits per heavy atom. The third-order valence-corrected chi connectivity index (χ3v) is 3.05. The number of ether oxygens (including phenoxy) is 1. The number of esters is 1. The van der Waals surface area contributed by atoms with Gasteiger partial charge in [0.2, 0.25) is 0 Å². The highest BCUT2D eigenvalue weighted by Crippen LogP contribution is 2.12. The summed E-state index contributed by atoms with van der Waals surface area (Å²) in [5, 5.41) is 2.77. The monoisotopic (exact) mass is 277 g/mol. The summed E-state index contributed by atoms with van der Waals surface area (Å²) >= 11 is 0. The normalized spacial score (nSPS) is 10.6. The number of hydrogen-bond donors (Lipinski definition) is 1. The Kier molecular flexibility index (Phi) is 3.60. The molecule has 2 rings (SSSR count).